The van der Waals surface area contributed by atoms with Crippen LogP contribution >= 0.6 is 0 Å². The molecule has 2 saturated carbocycles. The number of hydrogen-bond acceptors (Lipinski definition) is 7. The predicted molar refractivity (Wildman–Crippen MR) is 170 cm³/mol. The highest BCUT2D eigenvalue weighted by molar-refractivity contribution is 5.93. The fraction of sp³-hybridized carbons (Fsp3) is 0.514. The highest BCUT2D eigenvalue weighted by Gasteiger charge is 2.47. The number of likely N-dealkylation sites (tertiary alicyclic amines) is 1. The van der Waals surface area contributed by atoms with Crippen molar-refractivity contribution in [2.24, 2.45) is 11.3 Å². The highest BCUT2D eigenvalue weighted by atomic mass is 19.1. The van der Waals surface area contributed by atoms with Gasteiger partial charge in [-0.25, -0.2) is 15.4 Å². The molecule has 11 heteroatoms. The maximum absolute atomic E-state index is 16.7. The van der Waals surface area contributed by atoms with Crippen molar-refractivity contribution < 1.29 is 18.3 Å². The van der Waals surface area contributed by atoms with Crippen molar-refractivity contribution in [3.05, 3.63) is 65.2 Å². The minimum atomic E-state index is -1.06. The van der Waals surface area contributed by atoms with Crippen molar-refractivity contribution in [1.82, 2.24) is 24.8 Å². The summed E-state index contributed by atoms with van der Waals surface area (Å²) >= 11 is 0. The number of carbonyl (C=O) groups is 1. The first-order valence-electron chi connectivity index (χ1n) is 16.4. The molecule has 0 unspecified atom stereocenters. The standard InChI is InChI=1S/C35H37F2N7O2/c1-21(36)33(45)44-13-12-43(18-24(44)16-38-2)32-27-17-39-30(25-7-5-6-22-14-23-15-26(23)28(22)25)29(37)31(27)40-34(41-32)46-20-35(8-9-35)19-42-10-3-4-11-42/h5-7,17,23-24,26H,1,3-4,8-16,18-20H2/t23-,24+,26+/m1/s1. The van der Waals surface area contributed by atoms with Gasteiger partial charge in [0.2, 0.25) is 6.54 Å². The van der Waals surface area contributed by atoms with Gasteiger partial charge in [-0.2, -0.15) is 9.97 Å². The molecule has 8 rings (SSSR count). The highest BCUT2D eigenvalue weighted by Crippen LogP contribution is 2.58. The van der Waals surface area contributed by atoms with Crippen molar-refractivity contribution in [2.45, 2.75) is 50.5 Å². The molecule has 9 nitrogen and oxygen atoms in total. The minimum absolute atomic E-state index is 0.0149. The summed E-state index contributed by atoms with van der Waals surface area (Å²) in [4.78, 5) is 35.9. The number of hydrogen-bond donors (Lipinski definition) is 0. The minimum Gasteiger partial charge on any atom is -0.463 e. The summed E-state index contributed by atoms with van der Waals surface area (Å²) in [5.41, 5.74) is 3.77. The number of fused-ring (bicyclic) bond motifs is 4. The van der Waals surface area contributed by atoms with Gasteiger partial charge in [0.05, 0.1) is 12.0 Å². The quantitative estimate of drug-likeness (QED) is 0.240. The molecule has 0 spiro atoms. The zero-order valence-corrected chi connectivity index (χ0v) is 25.9. The van der Waals surface area contributed by atoms with Crippen LogP contribution in [0.1, 0.15) is 49.1 Å². The molecule has 4 fully saturated rings. The Kier molecular flexibility index (Phi) is 7.16. The lowest BCUT2D eigenvalue weighted by atomic mass is 9.96. The molecule has 2 aliphatic heterocycles. The lowest BCUT2D eigenvalue weighted by Gasteiger charge is -2.39. The van der Waals surface area contributed by atoms with Gasteiger partial charge in [-0.15, -0.1) is 0 Å². The van der Waals surface area contributed by atoms with Crippen LogP contribution in [0.2, 0.25) is 0 Å². The van der Waals surface area contributed by atoms with Gasteiger partial charge in [0.15, 0.2) is 11.6 Å². The summed E-state index contributed by atoms with van der Waals surface area (Å²) in [7, 11) is 0. The number of benzene rings is 1. The number of carbonyl (C=O) groups excluding carboxylic acids is 1. The van der Waals surface area contributed by atoms with E-state index >= 15 is 4.39 Å². The van der Waals surface area contributed by atoms with Crippen molar-refractivity contribution in [3.63, 3.8) is 0 Å². The second-order valence-corrected chi connectivity index (χ2v) is 13.8. The third-order valence-corrected chi connectivity index (χ3v) is 10.7. The summed E-state index contributed by atoms with van der Waals surface area (Å²) in [5.74, 6) is -0.841. The molecule has 0 radical (unpaired) electrons. The number of rotatable bonds is 9. The fourth-order valence-electron chi connectivity index (χ4n) is 7.95. The van der Waals surface area contributed by atoms with E-state index in [-0.39, 0.29) is 42.3 Å². The van der Waals surface area contributed by atoms with Crippen LogP contribution < -0.4 is 9.64 Å². The lowest BCUT2D eigenvalue weighted by Crippen LogP contribution is -2.56. The van der Waals surface area contributed by atoms with Gasteiger partial charge in [0.1, 0.15) is 23.1 Å². The van der Waals surface area contributed by atoms with Crippen LogP contribution in [0.5, 0.6) is 6.01 Å². The first-order valence-corrected chi connectivity index (χ1v) is 16.4. The molecular formula is C35H37F2N7O2. The van der Waals surface area contributed by atoms with Crippen LogP contribution in [0, 0.1) is 23.7 Å². The van der Waals surface area contributed by atoms with Crippen molar-refractivity contribution >= 4 is 22.6 Å². The number of ether oxygens (including phenoxy) is 1. The van der Waals surface area contributed by atoms with Crippen LogP contribution in [-0.4, -0.2) is 89.1 Å². The molecule has 0 bridgehead atoms. The van der Waals surface area contributed by atoms with E-state index in [0.29, 0.717) is 36.2 Å². The second-order valence-electron chi connectivity index (χ2n) is 13.8. The first kappa shape index (κ1) is 29.2. The topological polar surface area (TPSA) is 79.1 Å². The van der Waals surface area contributed by atoms with Gasteiger partial charge in [-0.05, 0) is 74.6 Å². The molecule has 4 heterocycles. The molecule has 2 aromatic heterocycles. The average molecular weight is 626 g/mol. The molecule has 46 heavy (non-hydrogen) atoms. The molecule has 2 saturated heterocycles. The van der Waals surface area contributed by atoms with E-state index in [0.717, 1.165) is 50.9 Å². The van der Waals surface area contributed by atoms with Gasteiger partial charge in [-0.1, -0.05) is 24.8 Å². The van der Waals surface area contributed by atoms with E-state index in [1.807, 2.05) is 17.0 Å². The molecule has 5 aliphatic rings. The van der Waals surface area contributed by atoms with Crippen molar-refractivity contribution in [3.8, 4) is 17.3 Å². The summed E-state index contributed by atoms with van der Waals surface area (Å²) in [6.07, 6.45) is 8.39. The van der Waals surface area contributed by atoms with E-state index in [9.17, 15) is 9.18 Å². The normalized spacial score (nSPS) is 24.4. The zero-order chi connectivity index (χ0) is 31.6. The van der Waals surface area contributed by atoms with Gasteiger partial charge >= 0.3 is 6.01 Å². The Bertz CT molecular complexity index is 1780. The molecule has 238 valence electrons. The van der Waals surface area contributed by atoms with Gasteiger partial charge in [0.25, 0.3) is 5.91 Å². The van der Waals surface area contributed by atoms with Crippen molar-refractivity contribution in [2.75, 3.05) is 57.3 Å². The van der Waals surface area contributed by atoms with Crippen LogP contribution in [0.3, 0.4) is 0 Å². The van der Waals surface area contributed by atoms with Gasteiger partial charge in [0, 0.05) is 43.4 Å². The van der Waals surface area contributed by atoms with E-state index in [1.165, 1.54) is 28.9 Å². The molecule has 0 N–H and O–H groups in total. The van der Waals surface area contributed by atoms with Crippen LogP contribution in [-0.2, 0) is 11.2 Å². The summed E-state index contributed by atoms with van der Waals surface area (Å²) < 4.78 is 36.9. The Morgan fingerprint density at radius 2 is 2.00 bits per heavy atom. The Labute approximate surface area is 267 Å². The summed E-state index contributed by atoms with van der Waals surface area (Å²) in [5, 5.41) is 0.430. The Morgan fingerprint density at radius 1 is 1.17 bits per heavy atom. The van der Waals surface area contributed by atoms with E-state index in [2.05, 4.69) is 32.4 Å². The number of nitrogens with zero attached hydrogens (tertiary/aromatic N) is 7. The maximum atomic E-state index is 16.7. The Balaban J connectivity index is 1.17. The third-order valence-electron chi connectivity index (χ3n) is 10.7. The molecular weight excluding hydrogens is 588 g/mol. The van der Waals surface area contributed by atoms with Crippen LogP contribution in [0.25, 0.3) is 27.0 Å². The second kappa shape index (κ2) is 11.3. The first-order chi connectivity index (χ1) is 22.3. The molecule has 1 amide bonds. The number of anilines is 1. The summed E-state index contributed by atoms with van der Waals surface area (Å²) in [6, 6.07) is 5.57. The third kappa shape index (κ3) is 5.16. The Morgan fingerprint density at radius 3 is 2.76 bits per heavy atom. The fourth-order valence-corrected chi connectivity index (χ4v) is 7.95. The lowest BCUT2D eigenvalue weighted by molar-refractivity contribution is -0.131. The average Bonchev–Trinajstić information content (AvgIpc) is 3.90. The van der Waals surface area contributed by atoms with E-state index in [4.69, 9.17) is 16.3 Å². The number of pyridine rings is 1. The number of halogens is 2. The van der Waals surface area contributed by atoms with Crippen LogP contribution in [0.4, 0.5) is 14.6 Å². The molecule has 3 aliphatic carbocycles. The smallest absolute Gasteiger partial charge is 0.319 e. The number of piperazine rings is 1. The Hall–Kier alpha value is -4.17. The van der Waals surface area contributed by atoms with E-state index < -0.39 is 23.6 Å². The van der Waals surface area contributed by atoms with Gasteiger partial charge < -0.3 is 24.3 Å². The predicted octanol–water partition coefficient (Wildman–Crippen LogP) is 5.16. The summed E-state index contributed by atoms with van der Waals surface area (Å²) in [6.45, 7) is 14.9. The largest absolute Gasteiger partial charge is 0.463 e. The molecule has 3 atom stereocenters. The number of amides is 1. The molecule has 3 aromatic rings. The SMILES string of the molecule is [C-]#[N+]C[C@H]1CN(c2nc(OCC3(CN4CCCC4)CC3)nc3c(F)c(-c4cccc5c4[C@H]4C[C@H]4C5)ncc23)CCN1C(=O)C(=C)F. The zero-order valence-electron chi connectivity index (χ0n) is 25.9. The monoisotopic (exact) mass is 625 g/mol. The van der Waals surface area contributed by atoms with Crippen molar-refractivity contribution in [1.29, 1.82) is 0 Å². The van der Waals surface area contributed by atoms with E-state index in [1.54, 1.807) is 6.20 Å². The van der Waals surface area contributed by atoms with Gasteiger partial charge in [-0.3, -0.25) is 9.78 Å². The maximum Gasteiger partial charge on any atom is 0.319 e. The molecule has 1 aromatic carbocycles. The number of aromatic nitrogens is 3. The van der Waals surface area contributed by atoms with Crippen LogP contribution in [0.15, 0.2) is 36.8 Å².